The van der Waals surface area contributed by atoms with Crippen LogP contribution in [0.5, 0.6) is 11.5 Å². The molecule has 27 heavy (non-hydrogen) atoms. The van der Waals surface area contributed by atoms with Crippen LogP contribution in [-0.4, -0.2) is 10.2 Å². The molecule has 0 aliphatic carbocycles. The first-order chi connectivity index (χ1) is 13.1. The third kappa shape index (κ3) is 3.67. The highest BCUT2D eigenvalue weighted by molar-refractivity contribution is 7.26. The lowest BCUT2D eigenvalue weighted by Gasteiger charge is -2.00. The van der Waals surface area contributed by atoms with E-state index in [4.69, 9.17) is 6.57 Å². The van der Waals surface area contributed by atoms with E-state index in [1.807, 2.05) is 12.1 Å². The van der Waals surface area contributed by atoms with Crippen molar-refractivity contribution in [3.8, 4) is 31.0 Å². The largest absolute Gasteiger partial charge is 0.504 e. The van der Waals surface area contributed by atoms with Crippen molar-refractivity contribution in [2.45, 2.75) is 0 Å². The number of hydrogen-bond donors (Lipinski definition) is 2. The average Bonchev–Trinajstić information content (AvgIpc) is 3.41. The molecule has 0 radical (unpaired) electrons. The van der Waals surface area contributed by atoms with Crippen LogP contribution in [0.15, 0.2) is 60.0 Å². The molecule has 0 spiro atoms. The topological polar surface area (TPSA) is 44.8 Å². The van der Waals surface area contributed by atoms with Gasteiger partial charge in [0.1, 0.15) is 0 Å². The summed E-state index contributed by atoms with van der Waals surface area (Å²) < 4.78 is 0. The zero-order valence-corrected chi connectivity index (χ0v) is 16.4. The van der Waals surface area contributed by atoms with Crippen LogP contribution in [-0.2, 0) is 0 Å². The third-order valence-corrected chi connectivity index (χ3v) is 7.35. The maximum Gasteiger partial charge on any atom is 0.204 e. The molecule has 0 unspecified atom stereocenters. The molecule has 0 amide bonds. The van der Waals surface area contributed by atoms with Crippen LogP contribution in [0, 0.1) is 6.57 Å². The first-order valence-corrected chi connectivity index (χ1v) is 10.5. The molecule has 6 heteroatoms. The molecule has 4 rings (SSSR count). The number of phenols is 2. The summed E-state index contributed by atoms with van der Waals surface area (Å²) in [4.78, 5) is 9.33. The van der Waals surface area contributed by atoms with E-state index in [0.717, 1.165) is 9.75 Å². The van der Waals surface area contributed by atoms with Crippen LogP contribution in [0.2, 0.25) is 0 Å². The van der Waals surface area contributed by atoms with E-state index in [-0.39, 0.29) is 11.5 Å². The maximum absolute atomic E-state index is 9.64. The standard InChI is InChI=1S/C21H13NO2S3/c1-22-14(11-13-4-5-15(23)16(24)12-13)17-6-7-20(26-17)21-9-8-19(27-21)18-3-2-10-25-18/h2-12,23-24H/b14-11-. The van der Waals surface area contributed by atoms with Gasteiger partial charge < -0.3 is 10.2 Å². The monoisotopic (exact) mass is 407 g/mol. The quantitative estimate of drug-likeness (QED) is 0.282. The summed E-state index contributed by atoms with van der Waals surface area (Å²) in [6.07, 6.45) is 1.72. The fraction of sp³-hybridized carbons (Fsp3) is 0. The van der Waals surface area contributed by atoms with E-state index in [9.17, 15) is 10.2 Å². The molecule has 1 aromatic carbocycles. The summed E-state index contributed by atoms with van der Waals surface area (Å²) >= 11 is 5.05. The number of benzene rings is 1. The van der Waals surface area contributed by atoms with Crippen LogP contribution < -0.4 is 0 Å². The second-order valence-electron chi connectivity index (χ2n) is 5.69. The smallest absolute Gasteiger partial charge is 0.204 e. The molecule has 0 aliphatic rings. The van der Waals surface area contributed by atoms with Gasteiger partial charge in [-0.15, -0.1) is 34.0 Å². The van der Waals surface area contributed by atoms with Crippen molar-refractivity contribution in [2.24, 2.45) is 0 Å². The lowest BCUT2D eigenvalue weighted by molar-refractivity contribution is 0.403. The van der Waals surface area contributed by atoms with E-state index >= 15 is 0 Å². The second kappa shape index (κ2) is 7.41. The highest BCUT2D eigenvalue weighted by atomic mass is 32.1. The van der Waals surface area contributed by atoms with Gasteiger partial charge in [-0.3, -0.25) is 0 Å². The Morgan fingerprint density at radius 1 is 0.852 bits per heavy atom. The Morgan fingerprint density at radius 2 is 1.59 bits per heavy atom. The Morgan fingerprint density at radius 3 is 2.30 bits per heavy atom. The molecule has 0 saturated heterocycles. The highest BCUT2D eigenvalue weighted by Crippen LogP contribution is 2.40. The summed E-state index contributed by atoms with van der Waals surface area (Å²) in [5, 5.41) is 21.1. The minimum atomic E-state index is -0.195. The number of thiophene rings is 3. The molecule has 0 aliphatic heterocycles. The Labute approximate surface area is 168 Å². The van der Waals surface area contributed by atoms with Gasteiger partial charge in [0.25, 0.3) is 0 Å². The lowest BCUT2D eigenvalue weighted by Crippen LogP contribution is -1.76. The van der Waals surface area contributed by atoms with Crippen molar-refractivity contribution in [2.75, 3.05) is 0 Å². The fourth-order valence-electron chi connectivity index (χ4n) is 2.58. The van der Waals surface area contributed by atoms with Crippen molar-refractivity contribution in [3.05, 3.63) is 81.8 Å². The van der Waals surface area contributed by atoms with Crippen molar-refractivity contribution in [1.29, 1.82) is 0 Å². The number of aromatic hydroxyl groups is 2. The van der Waals surface area contributed by atoms with Crippen LogP contribution in [0.3, 0.4) is 0 Å². The molecule has 0 saturated carbocycles. The number of rotatable bonds is 4. The molecule has 132 valence electrons. The van der Waals surface area contributed by atoms with Gasteiger partial charge in [0.05, 0.1) is 6.57 Å². The van der Waals surface area contributed by atoms with E-state index in [1.54, 1.807) is 46.2 Å². The molecule has 0 bridgehead atoms. The summed E-state index contributed by atoms with van der Waals surface area (Å²) in [7, 11) is 0. The predicted molar refractivity (Wildman–Crippen MR) is 115 cm³/mol. The van der Waals surface area contributed by atoms with Gasteiger partial charge in [0, 0.05) is 24.4 Å². The molecule has 3 heterocycles. The number of phenolic OH excluding ortho intramolecular Hbond substituents is 2. The van der Waals surface area contributed by atoms with Crippen molar-refractivity contribution < 1.29 is 10.2 Å². The molecular weight excluding hydrogens is 394 g/mol. The zero-order valence-electron chi connectivity index (χ0n) is 13.9. The normalized spacial score (nSPS) is 11.4. The molecular formula is C21H13NO2S3. The Hall–Kier alpha value is -2.85. The third-order valence-electron chi connectivity index (χ3n) is 3.89. The Balaban J connectivity index is 1.64. The number of hydrogen-bond acceptors (Lipinski definition) is 5. The highest BCUT2D eigenvalue weighted by Gasteiger charge is 2.11. The second-order valence-corrected chi connectivity index (χ2v) is 8.81. The lowest BCUT2D eigenvalue weighted by atomic mass is 10.1. The van der Waals surface area contributed by atoms with Crippen molar-refractivity contribution in [3.63, 3.8) is 0 Å². The SMILES string of the molecule is [C-]#[N+]/C(=C\c1ccc(O)c(O)c1)c1ccc(-c2ccc(-c3cccs3)s2)s1. The van der Waals surface area contributed by atoms with Crippen molar-refractivity contribution >= 4 is 45.8 Å². The van der Waals surface area contributed by atoms with Crippen molar-refractivity contribution in [1.82, 2.24) is 0 Å². The van der Waals surface area contributed by atoms with Gasteiger partial charge in [-0.2, -0.15) is 0 Å². The minimum absolute atomic E-state index is 0.172. The predicted octanol–water partition coefficient (Wildman–Crippen LogP) is 7.03. The first kappa shape index (κ1) is 17.6. The van der Waals surface area contributed by atoms with E-state index in [1.165, 1.54) is 26.8 Å². The number of nitrogens with zero attached hydrogens (tertiary/aromatic N) is 1. The van der Waals surface area contributed by atoms with Gasteiger partial charge in [0.2, 0.25) is 5.70 Å². The van der Waals surface area contributed by atoms with Crippen LogP contribution in [0.1, 0.15) is 10.4 Å². The van der Waals surface area contributed by atoms with E-state index in [2.05, 4.69) is 34.5 Å². The first-order valence-electron chi connectivity index (χ1n) is 7.99. The molecule has 3 nitrogen and oxygen atoms in total. The Kier molecular flexibility index (Phi) is 4.82. The zero-order chi connectivity index (χ0) is 18.8. The molecule has 2 N–H and O–H groups in total. The fourth-order valence-corrected chi connectivity index (χ4v) is 5.47. The average molecular weight is 408 g/mol. The maximum atomic E-state index is 9.64. The summed E-state index contributed by atoms with van der Waals surface area (Å²) in [5.74, 6) is -0.367. The van der Waals surface area contributed by atoms with Gasteiger partial charge >= 0.3 is 0 Å². The molecule has 4 aromatic rings. The summed E-state index contributed by atoms with van der Waals surface area (Å²) in [5.41, 5.74) is 1.17. The molecule has 0 fully saturated rings. The van der Waals surface area contributed by atoms with Gasteiger partial charge in [-0.25, -0.2) is 4.85 Å². The summed E-state index contributed by atoms with van der Waals surface area (Å²) in [6, 6.07) is 16.9. The van der Waals surface area contributed by atoms with Gasteiger partial charge in [0.15, 0.2) is 11.5 Å². The summed E-state index contributed by atoms with van der Waals surface area (Å²) in [6.45, 7) is 7.51. The molecule has 3 aromatic heterocycles. The molecule has 0 atom stereocenters. The van der Waals surface area contributed by atoms with Crippen LogP contribution in [0.4, 0.5) is 0 Å². The van der Waals surface area contributed by atoms with Crippen LogP contribution >= 0.6 is 34.0 Å². The van der Waals surface area contributed by atoms with Crippen LogP contribution in [0.25, 0.3) is 36.1 Å². The van der Waals surface area contributed by atoms with Gasteiger partial charge in [-0.05, 0) is 53.4 Å². The van der Waals surface area contributed by atoms with E-state index < -0.39 is 0 Å². The minimum Gasteiger partial charge on any atom is -0.504 e. The van der Waals surface area contributed by atoms with E-state index in [0.29, 0.717) is 11.3 Å². The Bertz CT molecular complexity index is 1160. The van der Waals surface area contributed by atoms with Gasteiger partial charge in [-0.1, -0.05) is 18.2 Å².